The molecule has 20 heavy (non-hydrogen) atoms. The van der Waals surface area contributed by atoms with Gasteiger partial charge in [0.05, 0.1) is 6.54 Å². The van der Waals surface area contributed by atoms with Crippen molar-refractivity contribution in [2.45, 2.75) is 0 Å². The molecule has 0 spiro atoms. The van der Waals surface area contributed by atoms with Gasteiger partial charge in [0.15, 0.2) is 0 Å². The molecule has 0 atom stereocenters. The van der Waals surface area contributed by atoms with Gasteiger partial charge in [0.1, 0.15) is 5.82 Å². The number of nitrogens with one attached hydrogen (secondary N) is 2. The predicted octanol–water partition coefficient (Wildman–Crippen LogP) is 0.750. The standard InChI is InChI=1S/C13H15BrFN3O2/c14-10-5-9(6-11(15)7-10)13(20)17-8-12(19)18-3-1-16-2-4-18/h5-7,16H,1-4,8H2,(H,17,20). The van der Waals surface area contributed by atoms with Crippen molar-refractivity contribution in [3.63, 3.8) is 0 Å². The van der Waals surface area contributed by atoms with E-state index >= 15 is 0 Å². The van der Waals surface area contributed by atoms with Crippen LogP contribution in [0.2, 0.25) is 0 Å². The van der Waals surface area contributed by atoms with Gasteiger partial charge in [-0.05, 0) is 18.2 Å². The number of hydrogen-bond acceptors (Lipinski definition) is 3. The lowest BCUT2D eigenvalue weighted by Gasteiger charge is -2.27. The molecule has 1 aromatic rings. The quantitative estimate of drug-likeness (QED) is 0.851. The van der Waals surface area contributed by atoms with Crippen LogP contribution in [-0.2, 0) is 4.79 Å². The maximum Gasteiger partial charge on any atom is 0.251 e. The Morgan fingerprint density at radius 3 is 2.65 bits per heavy atom. The fraction of sp³-hybridized carbons (Fsp3) is 0.385. The Hall–Kier alpha value is -1.47. The van der Waals surface area contributed by atoms with Crippen molar-refractivity contribution in [1.29, 1.82) is 0 Å². The number of rotatable bonds is 3. The summed E-state index contributed by atoms with van der Waals surface area (Å²) in [6, 6.07) is 3.91. The molecule has 2 amide bonds. The summed E-state index contributed by atoms with van der Waals surface area (Å²) in [4.78, 5) is 25.4. The fourth-order valence-electron chi connectivity index (χ4n) is 1.97. The summed E-state index contributed by atoms with van der Waals surface area (Å²) in [6.07, 6.45) is 0. The minimum absolute atomic E-state index is 0.0764. The van der Waals surface area contributed by atoms with Crippen LogP contribution in [0.4, 0.5) is 4.39 Å². The molecule has 1 fully saturated rings. The van der Waals surface area contributed by atoms with Gasteiger partial charge in [-0.2, -0.15) is 0 Å². The first-order valence-electron chi connectivity index (χ1n) is 6.29. The maximum atomic E-state index is 13.2. The monoisotopic (exact) mass is 343 g/mol. The van der Waals surface area contributed by atoms with Crippen LogP contribution >= 0.6 is 15.9 Å². The largest absolute Gasteiger partial charge is 0.343 e. The van der Waals surface area contributed by atoms with Gasteiger partial charge >= 0.3 is 0 Å². The number of piperazine rings is 1. The van der Waals surface area contributed by atoms with Crippen LogP contribution in [0, 0.1) is 5.82 Å². The van der Waals surface area contributed by atoms with Crippen molar-refractivity contribution >= 4 is 27.7 Å². The zero-order valence-electron chi connectivity index (χ0n) is 10.8. The third-order valence-electron chi connectivity index (χ3n) is 2.99. The van der Waals surface area contributed by atoms with Gasteiger partial charge in [0.2, 0.25) is 5.91 Å². The van der Waals surface area contributed by atoms with Crippen LogP contribution in [-0.4, -0.2) is 49.4 Å². The van der Waals surface area contributed by atoms with E-state index in [1.54, 1.807) is 4.90 Å². The zero-order chi connectivity index (χ0) is 14.5. The topological polar surface area (TPSA) is 61.4 Å². The third-order valence-corrected chi connectivity index (χ3v) is 3.45. The van der Waals surface area contributed by atoms with E-state index in [-0.39, 0.29) is 18.0 Å². The number of carbonyl (C=O) groups is 2. The van der Waals surface area contributed by atoms with Gasteiger partial charge in [0, 0.05) is 36.2 Å². The highest BCUT2D eigenvalue weighted by Crippen LogP contribution is 2.14. The summed E-state index contributed by atoms with van der Waals surface area (Å²) in [5.74, 6) is -1.10. The average Bonchev–Trinajstić information content (AvgIpc) is 2.44. The van der Waals surface area contributed by atoms with Crippen LogP contribution in [0.5, 0.6) is 0 Å². The predicted molar refractivity (Wildman–Crippen MR) is 75.9 cm³/mol. The molecule has 7 heteroatoms. The molecule has 0 unspecified atom stereocenters. The Labute approximate surface area is 124 Å². The molecule has 1 heterocycles. The second-order valence-electron chi connectivity index (χ2n) is 4.47. The van der Waals surface area contributed by atoms with Crippen molar-refractivity contribution in [1.82, 2.24) is 15.5 Å². The zero-order valence-corrected chi connectivity index (χ0v) is 12.4. The first kappa shape index (κ1) is 14.9. The summed E-state index contributed by atoms with van der Waals surface area (Å²) in [5.41, 5.74) is 0.185. The Balaban J connectivity index is 1.89. The molecular formula is C13H15BrFN3O2. The van der Waals surface area contributed by atoms with Crippen molar-refractivity contribution in [3.8, 4) is 0 Å². The lowest BCUT2D eigenvalue weighted by Crippen LogP contribution is -2.49. The molecule has 2 N–H and O–H groups in total. The van der Waals surface area contributed by atoms with E-state index in [1.807, 2.05) is 0 Å². The second-order valence-corrected chi connectivity index (χ2v) is 5.39. The Bertz CT molecular complexity index is 498. The van der Waals surface area contributed by atoms with Crippen LogP contribution in [0.25, 0.3) is 0 Å². The van der Waals surface area contributed by atoms with Crippen LogP contribution in [0.1, 0.15) is 10.4 Å². The van der Waals surface area contributed by atoms with E-state index in [1.165, 1.54) is 12.1 Å². The van der Waals surface area contributed by atoms with Gasteiger partial charge in [-0.15, -0.1) is 0 Å². The first-order valence-corrected chi connectivity index (χ1v) is 7.08. The molecule has 5 nitrogen and oxygen atoms in total. The van der Waals surface area contributed by atoms with E-state index in [9.17, 15) is 14.0 Å². The highest BCUT2D eigenvalue weighted by molar-refractivity contribution is 9.10. The summed E-state index contributed by atoms with van der Waals surface area (Å²) in [7, 11) is 0. The number of benzene rings is 1. The Kier molecular flexibility index (Phi) is 5.08. The molecule has 0 bridgehead atoms. The molecule has 0 aliphatic carbocycles. The minimum Gasteiger partial charge on any atom is -0.343 e. The number of halogens is 2. The van der Waals surface area contributed by atoms with Crippen molar-refractivity contribution in [2.24, 2.45) is 0 Å². The molecule has 2 rings (SSSR count). The molecule has 1 aromatic carbocycles. The lowest BCUT2D eigenvalue weighted by molar-refractivity contribution is -0.130. The van der Waals surface area contributed by atoms with Gasteiger partial charge in [-0.25, -0.2) is 4.39 Å². The normalized spacial score (nSPS) is 15.0. The summed E-state index contributed by atoms with van der Waals surface area (Å²) in [6.45, 7) is 2.72. The highest BCUT2D eigenvalue weighted by Gasteiger charge is 2.17. The second kappa shape index (κ2) is 6.81. The van der Waals surface area contributed by atoms with Crippen molar-refractivity contribution in [3.05, 3.63) is 34.1 Å². The smallest absolute Gasteiger partial charge is 0.251 e. The van der Waals surface area contributed by atoms with Crippen LogP contribution in [0.15, 0.2) is 22.7 Å². The van der Waals surface area contributed by atoms with Crippen LogP contribution in [0.3, 0.4) is 0 Å². The fourth-order valence-corrected chi connectivity index (χ4v) is 2.43. The first-order chi connectivity index (χ1) is 9.56. The van der Waals surface area contributed by atoms with Gasteiger partial charge in [-0.3, -0.25) is 9.59 Å². The summed E-state index contributed by atoms with van der Waals surface area (Å²) >= 11 is 3.12. The maximum absolute atomic E-state index is 13.2. The third kappa shape index (κ3) is 4.01. The van der Waals surface area contributed by atoms with E-state index in [4.69, 9.17) is 0 Å². The molecule has 1 saturated heterocycles. The van der Waals surface area contributed by atoms with Crippen molar-refractivity contribution < 1.29 is 14.0 Å². The SMILES string of the molecule is O=C(NCC(=O)N1CCNCC1)c1cc(F)cc(Br)c1. The molecule has 1 aliphatic heterocycles. The van der Waals surface area contributed by atoms with Gasteiger partial charge in [0.25, 0.3) is 5.91 Å². The number of carbonyl (C=O) groups excluding carboxylic acids is 2. The average molecular weight is 344 g/mol. The summed E-state index contributed by atoms with van der Waals surface area (Å²) < 4.78 is 13.7. The molecule has 1 aliphatic rings. The molecule has 0 radical (unpaired) electrons. The minimum atomic E-state index is -0.502. The summed E-state index contributed by atoms with van der Waals surface area (Å²) in [5, 5.41) is 5.66. The number of nitrogens with zero attached hydrogens (tertiary/aromatic N) is 1. The van der Waals surface area contributed by atoms with Crippen molar-refractivity contribution in [2.75, 3.05) is 32.7 Å². The van der Waals surface area contributed by atoms with E-state index in [0.717, 1.165) is 19.2 Å². The lowest BCUT2D eigenvalue weighted by atomic mass is 10.2. The van der Waals surface area contributed by atoms with E-state index in [2.05, 4.69) is 26.6 Å². The highest BCUT2D eigenvalue weighted by atomic mass is 79.9. The molecule has 108 valence electrons. The van der Waals surface area contributed by atoms with E-state index < -0.39 is 11.7 Å². The van der Waals surface area contributed by atoms with Gasteiger partial charge < -0.3 is 15.5 Å². The van der Waals surface area contributed by atoms with Crippen LogP contribution < -0.4 is 10.6 Å². The van der Waals surface area contributed by atoms with Gasteiger partial charge in [-0.1, -0.05) is 15.9 Å². The Morgan fingerprint density at radius 2 is 2.00 bits per heavy atom. The van der Waals surface area contributed by atoms with E-state index in [0.29, 0.717) is 17.6 Å². The molecular weight excluding hydrogens is 329 g/mol. The number of amides is 2. The molecule has 0 aromatic heterocycles. The number of hydrogen-bond donors (Lipinski definition) is 2. The Morgan fingerprint density at radius 1 is 1.30 bits per heavy atom. The molecule has 0 saturated carbocycles.